The third-order valence-corrected chi connectivity index (χ3v) is 4.69. The first-order valence-electron chi connectivity index (χ1n) is 8.07. The fraction of sp³-hybridized carbons (Fsp3) is 0.0526. The van der Waals surface area contributed by atoms with Crippen LogP contribution in [-0.2, 0) is 4.74 Å². The average molecular weight is 460 g/mol. The lowest BCUT2D eigenvalue weighted by Gasteiger charge is -2.07. The van der Waals surface area contributed by atoms with Crippen LogP contribution in [0.15, 0.2) is 53.3 Å². The third-order valence-electron chi connectivity index (χ3n) is 3.91. The molecular formula is C19H12BrClN4O3. The van der Waals surface area contributed by atoms with Crippen molar-refractivity contribution in [1.29, 1.82) is 0 Å². The van der Waals surface area contributed by atoms with Crippen LogP contribution in [0.1, 0.15) is 0 Å². The molecule has 0 unspecified atom stereocenters. The summed E-state index contributed by atoms with van der Waals surface area (Å²) in [6, 6.07) is 11.0. The van der Waals surface area contributed by atoms with Crippen molar-refractivity contribution in [2.45, 2.75) is 0 Å². The SMILES string of the molecule is COC(=O)Oc1cnc(-c2ccc(-c3nc4ccc(Br)cc4[nH]3)nc2)c(Cl)c1. The molecule has 1 N–H and O–H groups in total. The molecule has 0 amide bonds. The molecule has 0 bridgehead atoms. The molecule has 0 saturated heterocycles. The van der Waals surface area contributed by atoms with Crippen molar-refractivity contribution in [1.82, 2.24) is 19.9 Å². The third kappa shape index (κ3) is 3.69. The summed E-state index contributed by atoms with van der Waals surface area (Å²) in [5, 5.41) is 0.324. The predicted molar refractivity (Wildman–Crippen MR) is 108 cm³/mol. The van der Waals surface area contributed by atoms with Crippen LogP contribution in [0.2, 0.25) is 5.02 Å². The molecule has 0 aliphatic heterocycles. The number of methoxy groups -OCH3 is 1. The van der Waals surface area contributed by atoms with Gasteiger partial charge in [-0.05, 0) is 30.3 Å². The van der Waals surface area contributed by atoms with Crippen LogP contribution in [0, 0.1) is 0 Å². The van der Waals surface area contributed by atoms with E-state index in [1.807, 2.05) is 30.3 Å². The Kier molecular flexibility index (Phi) is 4.97. The van der Waals surface area contributed by atoms with Crippen molar-refractivity contribution < 1.29 is 14.3 Å². The number of carbonyl (C=O) groups excluding carboxylic acids is 1. The minimum Gasteiger partial charge on any atom is -0.437 e. The van der Waals surface area contributed by atoms with Gasteiger partial charge in [0.05, 0.1) is 35.1 Å². The summed E-state index contributed by atoms with van der Waals surface area (Å²) >= 11 is 9.72. The maximum absolute atomic E-state index is 11.2. The molecule has 28 heavy (non-hydrogen) atoms. The van der Waals surface area contributed by atoms with Gasteiger partial charge in [0.15, 0.2) is 11.6 Å². The normalized spacial score (nSPS) is 10.8. The number of aromatic amines is 1. The number of nitrogens with one attached hydrogen (secondary N) is 1. The zero-order valence-electron chi connectivity index (χ0n) is 14.4. The zero-order chi connectivity index (χ0) is 19.7. The molecule has 140 valence electrons. The van der Waals surface area contributed by atoms with Crippen molar-refractivity contribution in [3.63, 3.8) is 0 Å². The van der Waals surface area contributed by atoms with E-state index in [4.69, 9.17) is 16.3 Å². The average Bonchev–Trinajstić information content (AvgIpc) is 3.11. The number of aromatic nitrogens is 4. The molecule has 4 rings (SSSR count). The van der Waals surface area contributed by atoms with Crippen LogP contribution in [0.25, 0.3) is 33.8 Å². The fourth-order valence-corrected chi connectivity index (χ4v) is 3.23. The predicted octanol–water partition coefficient (Wildman–Crippen LogP) is 5.25. The standard InChI is InChI=1S/C19H12BrClN4O3/c1-27-19(26)28-12-7-13(21)17(23-9-12)10-2-4-15(22-8-10)18-24-14-5-3-11(20)6-16(14)25-18/h2-9H,1H3,(H,24,25). The number of hydrogen-bond acceptors (Lipinski definition) is 6. The van der Waals surface area contributed by atoms with Gasteiger partial charge >= 0.3 is 6.16 Å². The largest absolute Gasteiger partial charge is 0.513 e. The Morgan fingerprint density at radius 2 is 2.00 bits per heavy atom. The van der Waals surface area contributed by atoms with Crippen molar-refractivity contribution in [3.05, 3.63) is 58.3 Å². The van der Waals surface area contributed by atoms with E-state index in [2.05, 4.69) is 40.6 Å². The van der Waals surface area contributed by atoms with Crippen molar-refractivity contribution in [2.24, 2.45) is 0 Å². The highest BCUT2D eigenvalue weighted by atomic mass is 79.9. The van der Waals surface area contributed by atoms with Gasteiger partial charge in [-0.2, -0.15) is 0 Å². The molecule has 0 aliphatic carbocycles. The maximum Gasteiger partial charge on any atom is 0.513 e. The number of carbonyl (C=O) groups is 1. The fourth-order valence-electron chi connectivity index (χ4n) is 2.60. The molecule has 0 aliphatic rings. The molecule has 0 radical (unpaired) electrons. The first-order valence-corrected chi connectivity index (χ1v) is 9.24. The lowest BCUT2D eigenvalue weighted by Crippen LogP contribution is -2.07. The van der Waals surface area contributed by atoms with E-state index >= 15 is 0 Å². The summed E-state index contributed by atoms with van der Waals surface area (Å²) < 4.78 is 10.3. The van der Waals surface area contributed by atoms with Gasteiger partial charge in [0.2, 0.25) is 0 Å². The van der Waals surface area contributed by atoms with E-state index < -0.39 is 6.16 Å². The van der Waals surface area contributed by atoms with Crippen molar-refractivity contribution in [2.75, 3.05) is 7.11 Å². The van der Waals surface area contributed by atoms with E-state index in [1.165, 1.54) is 19.4 Å². The number of halogens is 2. The Morgan fingerprint density at radius 1 is 1.14 bits per heavy atom. The topological polar surface area (TPSA) is 90.0 Å². The van der Waals surface area contributed by atoms with E-state index in [9.17, 15) is 4.79 Å². The second kappa shape index (κ2) is 7.57. The summed E-state index contributed by atoms with van der Waals surface area (Å²) in [6.45, 7) is 0. The molecule has 1 aromatic carbocycles. The van der Waals surface area contributed by atoms with Crippen LogP contribution in [0.3, 0.4) is 0 Å². The molecule has 4 aromatic rings. The van der Waals surface area contributed by atoms with E-state index in [0.29, 0.717) is 22.2 Å². The van der Waals surface area contributed by atoms with Crippen molar-refractivity contribution in [3.8, 4) is 28.5 Å². The minimum absolute atomic E-state index is 0.193. The summed E-state index contributed by atoms with van der Waals surface area (Å²) in [7, 11) is 1.22. The van der Waals surface area contributed by atoms with Gasteiger partial charge in [-0.1, -0.05) is 27.5 Å². The lowest BCUT2D eigenvalue weighted by molar-refractivity contribution is 0.121. The number of hydrogen-bond donors (Lipinski definition) is 1. The van der Waals surface area contributed by atoms with Gasteiger partial charge < -0.3 is 14.5 Å². The lowest BCUT2D eigenvalue weighted by atomic mass is 10.1. The number of nitrogens with zero attached hydrogens (tertiary/aromatic N) is 3. The molecular weight excluding hydrogens is 448 g/mol. The van der Waals surface area contributed by atoms with Crippen LogP contribution in [0.5, 0.6) is 5.75 Å². The minimum atomic E-state index is -0.838. The quantitative estimate of drug-likeness (QED) is 0.421. The highest BCUT2D eigenvalue weighted by molar-refractivity contribution is 9.10. The number of imidazole rings is 1. The zero-order valence-corrected chi connectivity index (χ0v) is 16.8. The van der Waals surface area contributed by atoms with E-state index in [-0.39, 0.29) is 5.75 Å². The first-order chi connectivity index (χ1) is 13.5. The number of ether oxygens (including phenoxy) is 2. The Hall–Kier alpha value is -2.97. The summed E-state index contributed by atoms with van der Waals surface area (Å²) in [4.78, 5) is 27.7. The molecule has 7 nitrogen and oxygen atoms in total. The number of fused-ring (bicyclic) bond motifs is 1. The van der Waals surface area contributed by atoms with E-state index in [0.717, 1.165) is 21.1 Å². The highest BCUT2D eigenvalue weighted by Crippen LogP contribution is 2.30. The Labute approximate surface area is 172 Å². The maximum atomic E-state index is 11.2. The molecule has 3 heterocycles. The number of benzene rings is 1. The summed E-state index contributed by atoms with van der Waals surface area (Å²) in [5.41, 5.74) is 3.71. The van der Waals surface area contributed by atoms with E-state index in [1.54, 1.807) is 6.20 Å². The van der Waals surface area contributed by atoms with Crippen LogP contribution in [0.4, 0.5) is 4.79 Å². The van der Waals surface area contributed by atoms with Gasteiger partial charge in [0.1, 0.15) is 5.69 Å². The highest BCUT2D eigenvalue weighted by Gasteiger charge is 2.12. The van der Waals surface area contributed by atoms with Crippen LogP contribution >= 0.6 is 27.5 Å². The molecule has 0 atom stereocenters. The smallest absolute Gasteiger partial charge is 0.437 e. The second-order valence-corrected chi connectivity index (χ2v) is 7.06. The molecule has 3 aromatic heterocycles. The number of rotatable bonds is 3. The Balaban J connectivity index is 1.61. The van der Waals surface area contributed by atoms with Crippen LogP contribution in [-0.4, -0.2) is 33.2 Å². The Bertz CT molecular complexity index is 1180. The molecule has 0 spiro atoms. The summed E-state index contributed by atoms with van der Waals surface area (Å²) in [6.07, 6.45) is 2.21. The number of H-pyrrole nitrogens is 1. The number of pyridine rings is 2. The summed E-state index contributed by atoms with van der Waals surface area (Å²) in [5.74, 6) is 0.860. The van der Waals surface area contributed by atoms with Gasteiger partial charge in [-0.3, -0.25) is 9.97 Å². The van der Waals surface area contributed by atoms with Gasteiger partial charge in [-0.25, -0.2) is 9.78 Å². The molecule has 9 heteroatoms. The molecule has 0 saturated carbocycles. The first kappa shape index (κ1) is 18.4. The van der Waals surface area contributed by atoms with Gasteiger partial charge in [-0.15, -0.1) is 0 Å². The van der Waals surface area contributed by atoms with Crippen LogP contribution < -0.4 is 4.74 Å². The Morgan fingerprint density at radius 3 is 2.71 bits per heavy atom. The monoisotopic (exact) mass is 458 g/mol. The van der Waals surface area contributed by atoms with Gasteiger partial charge in [0, 0.05) is 22.3 Å². The second-order valence-electron chi connectivity index (χ2n) is 5.74. The van der Waals surface area contributed by atoms with Gasteiger partial charge in [0.25, 0.3) is 0 Å². The van der Waals surface area contributed by atoms with Crippen molar-refractivity contribution >= 4 is 44.7 Å². The molecule has 0 fully saturated rings.